The van der Waals surface area contributed by atoms with Gasteiger partial charge in [-0.2, -0.15) is 0 Å². The molecule has 1 amide bonds. The lowest BCUT2D eigenvalue weighted by molar-refractivity contribution is -0.302. The number of aliphatic hydroxyl groups is 5. The molecule has 570 valence electrons. The maximum atomic E-state index is 13.1. The number of allylic oxidation sites excluding steroid dienone is 13. The summed E-state index contributed by atoms with van der Waals surface area (Å²) >= 11 is 0. The van der Waals surface area contributed by atoms with Gasteiger partial charge in [0.15, 0.2) is 6.29 Å². The van der Waals surface area contributed by atoms with Gasteiger partial charge in [0.05, 0.1) is 32.0 Å². The van der Waals surface area contributed by atoms with Gasteiger partial charge in [-0.15, -0.1) is 0 Å². The molecule has 0 radical (unpaired) electrons. The fraction of sp³-hybridized carbons (Fsp3) is 0.816. The molecule has 0 aliphatic carbocycles. The van der Waals surface area contributed by atoms with Gasteiger partial charge in [-0.05, 0) is 122 Å². The van der Waals surface area contributed by atoms with E-state index >= 15 is 0 Å². The summed E-state index contributed by atoms with van der Waals surface area (Å²) in [5.74, 6) is -0.191. The van der Waals surface area contributed by atoms with Gasteiger partial charge in [0.2, 0.25) is 5.91 Å². The summed E-state index contributed by atoms with van der Waals surface area (Å²) in [7, 11) is 0. The first kappa shape index (κ1) is 92.9. The summed E-state index contributed by atoms with van der Waals surface area (Å²) < 4.78 is 16.8. The van der Waals surface area contributed by atoms with Gasteiger partial charge in [0, 0.05) is 12.8 Å². The van der Waals surface area contributed by atoms with Crippen molar-refractivity contribution in [1.29, 1.82) is 0 Å². The Morgan fingerprint density at radius 2 is 0.694 bits per heavy atom. The third kappa shape index (κ3) is 62.6. The van der Waals surface area contributed by atoms with Gasteiger partial charge in [0.1, 0.15) is 24.4 Å². The number of aliphatic hydroxyl groups excluding tert-OH is 5. The van der Waals surface area contributed by atoms with E-state index in [4.69, 9.17) is 14.2 Å². The first-order chi connectivity index (χ1) is 48.2. The van der Waals surface area contributed by atoms with E-state index in [2.05, 4.69) is 92.1 Å². The number of rotatable bonds is 74. The van der Waals surface area contributed by atoms with Crippen LogP contribution < -0.4 is 5.32 Å². The summed E-state index contributed by atoms with van der Waals surface area (Å²) in [4.78, 5) is 25.2. The van der Waals surface area contributed by atoms with Crippen LogP contribution in [0.25, 0.3) is 0 Å². The van der Waals surface area contributed by atoms with Crippen molar-refractivity contribution in [2.75, 3.05) is 19.8 Å². The van der Waals surface area contributed by atoms with Crippen LogP contribution in [0.1, 0.15) is 393 Å². The van der Waals surface area contributed by atoms with Crippen molar-refractivity contribution in [1.82, 2.24) is 5.32 Å². The van der Waals surface area contributed by atoms with Crippen molar-refractivity contribution in [3.8, 4) is 0 Å². The van der Waals surface area contributed by atoms with Crippen LogP contribution in [0, 0.1) is 0 Å². The van der Waals surface area contributed by atoms with Gasteiger partial charge in [-0.1, -0.05) is 343 Å². The molecule has 1 aliphatic rings. The lowest BCUT2D eigenvalue weighted by atomic mass is 9.99. The average molecular weight is 1380 g/mol. The van der Waals surface area contributed by atoms with E-state index < -0.39 is 49.5 Å². The molecule has 11 nitrogen and oxygen atoms in total. The number of hydrogen-bond acceptors (Lipinski definition) is 10. The third-order valence-electron chi connectivity index (χ3n) is 19.4. The van der Waals surface area contributed by atoms with E-state index in [1.165, 1.54) is 283 Å². The number of ether oxygens (including phenoxy) is 3. The van der Waals surface area contributed by atoms with Crippen molar-refractivity contribution < 1.29 is 49.3 Å². The Hall–Kier alpha value is -3.16. The largest absolute Gasteiger partial charge is 0.466 e. The summed E-state index contributed by atoms with van der Waals surface area (Å²) in [6.07, 6.45) is 94.8. The highest BCUT2D eigenvalue weighted by Gasteiger charge is 2.44. The number of hydrogen-bond donors (Lipinski definition) is 6. The molecule has 1 fully saturated rings. The first-order valence-electron chi connectivity index (χ1n) is 41.9. The maximum absolute atomic E-state index is 13.1. The zero-order valence-electron chi connectivity index (χ0n) is 63.7. The minimum absolute atomic E-state index is 0.000739. The van der Waals surface area contributed by atoms with E-state index in [0.29, 0.717) is 19.4 Å². The topological polar surface area (TPSA) is 175 Å². The molecule has 6 N–H and O–H groups in total. The van der Waals surface area contributed by atoms with Crippen molar-refractivity contribution in [3.63, 3.8) is 0 Å². The second-order valence-corrected chi connectivity index (χ2v) is 28.8. The molecule has 1 saturated heterocycles. The van der Waals surface area contributed by atoms with E-state index in [0.717, 1.165) is 83.5 Å². The number of nitrogens with one attached hydrogen (secondary N) is 1. The van der Waals surface area contributed by atoms with Gasteiger partial charge in [-0.25, -0.2) is 0 Å². The Kier molecular flexibility index (Phi) is 71.1. The van der Waals surface area contributed by atoms with Gasteiger partial charge >= 0.3 is 5.97 Å². The van der Waals surface area contributed by atoms with Crippen LogP contribution in [0.15, 0.2) is 85.1 Å². The van der Waals surface area contributed by atoms with Crippen molar-refractivity contribution in [2.24, 2.45) is 0 Å². The van der Waals surface area contributed by atoms with Crippen LogP contribution in [0.4, 0.5) is 0 Å². The second-order valence-electron chi connectivity index (χ2n) is 28.8. The maximum Gasteiger partial charge on any atom is 0.305 e. The highest BCUT2D eigenvalue weighted by molar-refractivity contribution is 5.76. The molecule has 7 atom stereocenters. The van der Waals surface area contributed by atoms with E-state index in [9.17, 15) is 35.1 Å². The lowest BCUT2D eigenvalue weighted by Gasteiger charge is -2.40. The highest BCUT2D eigenvalue weighted by atomic mass is 16.7. The van der Waals surface area contributed by atoms with E-state index in [1.807, 2.05) is 6.08 Å². The third-order valence-corrected chi connectivity index (χ3v) is 19.4. The molecule has 0 aromatic rings. The number of esters is 1. The quantitative estimate of drug-likeness (QED) is 0.0195. The molecule has 1 heterocycles. The van der Waals surface area contributed by atoms with Crippen LogP contribution in [0.2, 0.25) is 0 Å². The molecular formula is C87H157NO10. The minimum Gasteiger partial charge on any atom is -0.466 e. The van der Waals surface area contributed by atoms with Crippen molar-refractivity contribution in [3.05, 3.63) is 85.1 Å². The molecule has 0 saturated carbocycles. The van der Waals surface area contributed by atoms with Gasteiger partial charge in [-0.3, -0.25) is 9.59 Å². The molecular weight excluding hydrogens is 1220 g/mol. The number of carbonyl (C=O) groups excluding carboxylic acids is 2. The Labute approximate surface area is 603 Å². The van der Waals surface area contributed by atoms with Crippen LogP contribution in [0.3, 0.4) is 0 Å². The Bertz CT molecular complexity index is 1910. The average Bonchev–Trinajstić information content (AvgIpc) is 0.827. The van der Waals surface area contributed by atoms with Crippen molar-refractivity contribution >= 4 is 11.9 Å². The van der Waals surface area contributed by atoms with Crippen LogP contribution >= 0.6 is 0 Å². The molecule has 1 aliphatic heterocycles. The smallest absolute Gasteiger partial charge is 0.305 e. The van der Waals surface area contributed by atoms with E-state index in [1.54, 1.807) is 6.08 Å². The first-order valence-corrected chi connectivity index (χ1v) is 41.9. The SMILES string of the molecule is CCCCCC/C=C\C/C=C\CCCCCCCC(=O)OCCCCCCCCCCCCCCCCC/C=C\C/C=C\CCCCCCCCCCCCCCCCCCCC(=O)NC(COC1OC(CO)C(O)C(O)C1O)C(O)/C=C/CC/C=C/CC/C=C/CCCCCCC. The van der Waals surface area contributed by atoms with Gasteiger partial charge in [0.25, 0.3) is 0 Å². The summed E-state index contributed by atoms with van der Waals surface area (Å²) in [6.45, 7) is 4.33. The molecule has 7 unspecified atom stereocenters. The standard InChI is InChI=1S/C87H157NO10/c1-3-5-7-9-11-13-15-17-19-47-51-55-59-63-67-71-75-83(92)96-76-72-68-64-60-56-52-48-44-42-40-38-36-34-32-30-28-26-24-22-20-21-23-25-27-29-31-33-35-37-39-41-43-46-50-54-58-62-66-70-74-82(91)88-79(78-97-87-86(95)85(94)84(93)81(77-89)98-87)80(90)73-69-65-61-57-53-49-45-18-16-14-12-10-8-6-4-2/h13,15-16,18-21,24,26,47,53,57,69,73,79-81,84-87,89-90,93-95H,3-12,14,17,22-23,25,27-46,48-52,54-56,58-68,70-72,74-78H2,1-2H3,(H,88,91)/b15-13-,18-16+,21-20-,26-24-,47-19-,57-53+,73-69+. The Morgan fingerprint density at radius 1 is 0.378 bits per heavy atom. The fourth-order valence-corrected chi connectivity index (χ4v) is 12.9. The summed E-state index contributed by atoms with van der Waals surface area (Å²) in [6, 6.07) is -0.835. The molecule has 0 bridgehead atoms. The second kappa shape index (κ2) is 75.0. The van der Waals surface area contributed by atoms with Crippen LogP contribution in [0.5, 0.6) is 0 Å². The van der Waals surface area contributed by atoms with Crippen LogP contribution in [-0.2, 0) is 23.8 Å². The number of amides is 1. The fourth-order valence-electron chi connectivity index (χ4n) is 12.9. The predicted molar refractivity (Wildman–Crippen MR) is 416 cm³/mol. The highest BCUT2D eigenvalue weighted by Crippen LogP contribution is 2.24. The summed E-state index contributed by atoms with van der Waals surface area (Å²) in [5.41, 5.74) is 0. The monoisotopic (exact) mass is 1380 g/mol. The van der Waals surface area contributed by atoms with Crippen molar-refractivity contribution in [2.45, 2.75) is 436 Å². The molecule has 0 aromatic carbocycles. The summed E-state index contributed by atoms with van der Waals surface area (Å²) in [5, 5.41) is 54.6. The zero-order valence-corrected chi connectivity index (χ0v) is 63.7. The van der Waals surface area contributed by atoms with E-state index in [-0.39, 0.29) is 18.5 Å². The molecule has 1 rings (SSSR count). The Morgan fingerprint density at radius 3 is 1.08 bits per heavy atom. The minimum atomic E-state index is -1.58. The molecule has 0 spiro atoms. The number of carbonyl (C=O) groups is 2. The normalized spacial score (nSPS) is 17.6. The Balaban J connectivity index is 1.92. The lowest BCUT2D eigenvalue weighted by Crippen LogP contribution is -2.60. The zero-order chi connectivity index (χ0) is 70.8. The molecule has 0 aromatic heterocycles. The molecule has 11 heteroatoms. The predicted octanol–water partition coefficient (Wildman–Crippen LogP) is 23.1. The van der Waals surface area contributed by atoms with Gasteiger partial charge < -0.3 is 45.1 Å². The van der Waals surface area contributed by atoms with Crippen LogP contribution in [-0.4, -0.2) is 100 Å². The molecule has 98 heavy (non-hydrogen) atoms. The number of unbranched alkanes of at least 4 members (excludes halogenated alkanes) is 48.